The fourth-order valence-corrected chi connectivity index (χ4v) is 3.33. The number of hydrogen-bond donors (Lipinski definition) is 2. The van der Waals surface area contributed by atoms with Gasteiger partial charge in [-0.1, -0.05) is 6.42 Å². The van der Waals surface area contributed by atoms with Crippen LogP contribution in [0.2, 0.25) is 0 Å². The summed E-state index contributed by atoms with van der Waals surface area (Å²) in [6.45, 7) is 3.62. The van der Waals surface area contributed by atoms with Gasteiger partial charge in [-0.2, -0.15) is 0 Å². The lowest BCUT2D eigenvalue weighted by molar-refractivity contribution is 0.0513. The molecule has 2 saturated heterocycles. The van der Waals surface area contributed by atoms with Gasteiger partial charge in [-0.05, 0) is 38.8 Å². The minimum Gasteiger partial charge on any atom is -0.492 e. The van der Waals surface area contributed by atoms with Crippen molar-refractivity contribution in [2.75, 3.05) is 26.2 Å². The molecule has 0 radical (unpaired) electrons. The number of amides is 1. The number of nitrogens with zero attached hydrogens (tertiary/aromatic N) is 3. The number of piperidine rings is 2. The average Bonchev–Trinajstić information content (AvgIpc) is 2.88. The van der Waals surface area contributed by atoms with Crippen molar-refractivity contribution in [3.8, 4) is 11.8 Å². The number of aromatic hydroxyl groups is 2. The highest BCUT2D eigenvalue weighted by atomic mass is 16.7. The Hall–Kier alpha value is -1.89. The number of carbonyl (C=O) groups excluding carboxylic acids is 1. The quantitative estimate of drug-likeness (QED) is 0.863. The van der Waals surface area contributed by atoms with Crippen LogP contribution in [0.15, 0.2) is 12.1 Å². The van der Waals surface area contributed by atoms with Gasteiger partial charge in [0.2, 0.25) is 11.8 Å². The normalized spacial score (nSPS) is 21.0. The van der Waals surface area contributed by atoms with E-state index in [4.69, 9.17) is 4.84 Å². The minimum absolute atomic E-state index is 0.297. The van der Waals surface area contributed by atoms with Crippen LogP contribution in [0, 0.1) is 0 Å². The molecule has 1 aromatic heterocycles. The summed E-state index contributed by atoms with van der Waals surface area (Å²) in [5.74, 6) is -0.594. The van der Waals surface area contributed by atoms with Gasteiger partial charge in [-0.25, -0.2) is 4.79 Å². The lowest BCUT2D eigenvalue weighted by atomic mass is 10.0. The van der Waals surface area contributed by atoms with Crippen molar-refractivity contribution < 1.29 is 19.8 Å². The Morgan fingerprint density at radius 2 is 1.59 bits per heavy atom. The van der Waals surface area contributed by atoms with Crippen LogP contribution in [0.4, 0.5) is 4.79 Å². The minimum atomic E-state index is -0.543. The van der Waals surface area contributed by atoms with Crippen molar-refractivity contribution in [1.82, 2.24) is 14.5 Å². The van der Waals surface area contributed by atoms with Gasteiger partial charge in [0.15, 0.2) is 0 Å². The van der Waals surface area contributed by atoms with Gasteiger partial charge in [0.1, 0.15) is 0 Å². The molecule has 122 valence electrons. The third-order valence-electron chi connectivity index (χ3n) is 4.60. The molecule has 7 heteroatoms. The molecular weight excluding hydrogens is 286 g/mol. The lowest BCUT2D eigenvalue weighted by Crippen LogP contribution is -2.49. The summed E-state index contributed by atoms with van der Waals surface area (Å²) in [6.07, 6.45) is 5.21. The molecule has 0 atom stereocenters. The fourth-order valence-electron chi connectivity index (χ4n) is 3.33. The second-order valence-electron chi connectivity index (χ2n) is 6.02. The molecule has 1 amide bonds. The molecule has 22 heavy (non-hydrogen) atoms. The van der Waals surface area contributed by atoms with E-state index < -0.39 is 6.09 Å². The van der Waals surface area contributed by atoms with Crippen LogP contribution in [0.1, 0.15) is 32.1 Å². The second kappa shape index (κ2) is 6.48. The molecule has 0 saturated carbocycles. The molecule has 3 rings (SSSR count). The summed E-state index contributed by atoms with van der Waals surface area (Å²) in [5.41, 5.74) is 0. The Bertz CT molecular complexity index is 497. The van der Waals surface area contributed by atoms with Gasteiger partial charge in [-0.15, -0.1) is 4.73 Å². The number of hydrogen-bond acceptors (Lipinski definition) is 5. The zero-order chi connectivity index (χ0) is 15.5. The van der Waals surface area contributed by atoms with E-state index in [-0.39, 0.29) is 11.8 Å². The van der Waals surface area contributed by atoms with Gasteiger partial charge in [-0.3, -0.25) is 0 Å². The first-order valence-corrected chi connectivity index (χ1v) is 7.96. The van der Waals surface area contributed by atoms with Crippen LogP contribution in [-0.2, 0) is 0 Å². The zero-order valence-electron chi connectivity index (χ0n) is 12.6. The molecule has 2 fully saturated rings. The van der Waals surface area contributed by atoms with Crippen LogP contribution in [0.25, 0.3) is 0 Å². The highest BCUT2D eigenvalue weighted by Gasteiger charge is 2.29. The summed E-state index contributed by atoms with van der Waals surface area (Å²) in [7, 11) is 0. The third kappa shape index (κ3) is 3.14. The van der Waals surface area contributed by atoms with Crippen molar-refractivity contribution >= 4 is 6.09 Å². The van der Waals surface area contributed by atoms with E-state index in [9.17, 15) is 15.0 Å². The molecule has 2 aliphatic rings. The Labute approximate surface area is 129 Å². The maximum absolute atomic E-state index is 12.1. The highest BCUT2D eigenvalue weighted by Crippen LogP contribution is 2.22. The van der Waals surface area contributed by atoms with Gasteiger partial charge >= 0.3 is 6.09 Å². The van der Waals surface area contributed by atoms with Gasteiger partial charge in [0.25, 0.3) is 0 Å². The molecule has 0 spiro atoms. The van der Waals surface area contributed by atoms with Gasteiger partial charge in [0, 0.05) is 31.3 Å². The maximum atomic E-state index is 12.1. The van der Waals surface area contributed by atoms with Crippen molar-refractivity contribution in [3.63, 3.8) is 0 Å². The summed E-state index contributed by atoms with van der Waals surface area (Å²) in [4.78, 5) is 21.3. The predicted octanol–water partition coefficient (Wildman–Crippen LogP) is 1.40. The van der Waals surface area contributed by atoms with Gasteiger partial charge < -0.3 is 24.9 Å². The van der Waals surface area contributed by atoms with Crippen LogP contribution in [-0.4, -0.2) is 63.1 Å². The lowest BCUT2D eigenvalue weighted by Gasteiger charge is -2.39. The topological polar surface area (TPSA) is 78.2 Å². The van der Waals surface area contributed by atoms with Crippen molar-refractivity contribution in [2.45, 2.75) is 38.1 Å². The predicted molar refractivity (Wildman–Crippen MR) is 79.8 cm³/mol. The van der Waals surface area contributed by atoms with E-state index in [1.807, 2.05) is 0 Å². The summed E-state index contributed by atoms with van der Waals surface area (Å²) < 4.78 is 0.735. The number of likely N-dealkylation sites (tertiary alicyclic amines) is 2. The van der Waals surface area contributed by atoms with Crippen LogP contribution >= 0.6 is 0 Å². The Morgan fingerprint density at radius 3 is 2.18 bits per heavy atom. The van der Waals surface area contributed by atoms with Crippen molar-refractivity contribution in [3.05, 3.63) is 12.1 Å². The molecule has 1 aromatic rings. The number of carbonyl (C=O) groups is 1. The van der Waals surface area contributed by atoms with E-state index in [2.05, 4.69) is 4.90 Å². The second-order valence-corrected chi connectivity index (χ2v) is 6.02. The number of aromatic nitrogens is 1. The molecule has 0 aromatic carbocycles. The van der Waals surface area contributed by atoms with Crippen LogP contribution in [0.3, 0.4) is 0 Å². The highest BCUT2D eigenvalue weighted by molar-refractivity contribution is 5.68. The SMILES string of the molecule is O=C(On1c(O)ccc1O)N1CCC(N2CCCCC2)CC1. The summed E-state index contributed by atoms with van der Waals surface area (Å²) >= 11 is 0. The van der Waals surface area contributed by atoms with E-state index in [0.717, 1.165) is 17.6 Å². The molecule has 3 heterocycles. The molecule has 2 N–H and O–H groups in total. The van der Waals surface area contributed by atoms with Crippen molar-refractivity contribution in [2.24, 2.45) is 0 Å². The fraction of sp³-hybridized carbons (Fsp3) is 0.667. The molecule has 0 aliphatic carbocycles. The van der Waals surface area contributed by atoms with E-state index in [1.54, 1.807) is 4.90 Å². The molecule has 0 unspecified atom stereocenters. The van der Waals surface area contributed by atoms with E-state index >= 15 is 0 Å². The average molecular weight is 309 g/mol. The number of rotatable bonds is 2. The van der Waals surface area contributed by atoms with Crippen molar-refractivity contribution in [1.29, 1.82) is 0 Å². The third-order valence-corrected chi connectivity index (χ3v) is 4.60. The first-order valence-electron chi connectivity index (χ1n) is 7.96. The molecule has 0 bridgehead atoms. The summed E-state index contributed by atoms with van der Waals surface area (Å²) in [5, 5.41) is 19.0. The first kappa shape index (κ1) is 15.0. The van der Waals surface area contributed by atoms with Crippen LogP contribution in [0.5, 0.6) is 11.8 Å². The summed E-state index contributed by atoms with van der Waals surface area (Å²) in [6, 6.07) is 3.09. The molecule has 7 nitrogen and oxygen atoms in total. The zero-order valence-corrected chi connectivity index (χ0v) is 12.6. The molecular formula is C15H23N3O4. The molecule has 2 aliphatic heterocycles. The van der Waals surface area contributed by atoms with E-state index in [1.165, 1.54) is 44.5 Å². The Kier molecular flexibility index (Phi) is 4.42. The largest absolute Gasteiger partial charge is 0.492 e. The smallest absolute Gasteiger partial charge is 0.434 e. The monoisotopic (exact) mass is 309 g/mol. The van der Waals surface area contributed by atoms with Gasteiger partial charge in [0.05, 0.1) is 0 Å². The standard InChI is InChI=1S/C15H23N3O4/c19-13-4-5-14(20)18(13)22-15(21)17-10-6-12(7-11-17)16-8-2-1-3-9-16/h4-5,12,19-20H,1-3,6-11H2. The first-order chi connectivity index (χ1) is 10.6. The Morgan fingerprint density at radius 1 is 1.00 bits per heavy atom. The van der Waals surface area contributed by atoms with Crippen LogP contribution < -0.4 is 4.84 Å². The maximum Gasteiger partial charge on any atom is 0.434 e. The van der Waals surface area contributed by atoms with E-state index in [0.29, 0.717) is 19.1 Å². The Balaban J connectivity index is 1.51.